The first-order valence-electron chi connectivity index (χ1n) is 9.19. The highest BCUT2D eigenvalue weighted by molar-refractivity contribution is 9.10. The van der Waals surface area contributed by atoms with Crippen LogP contribution in [0.5, 0.6) is 0 Å². The zero-order chi connectivity index (χ0) is 18.7. The zero-order valence-electron chi connectivity index (χ0n) is 15.5. The molecule has 1 amide bonds. The number of rotatable bonds is 5. The number of halogens is 1. The lowest BCUT2D eigenvalue weighted by molar-refractivity contribution is -0.131. The summed E-state index contributed by atoms with van der Waals surface area (Å²) >= 11 is 3.48. The summed E-state index contributed by atoms with van der Waals surface area (Å²) in [7, 11) is 0. The number of benzene rings is 2. The average molecular weight is 412 g/mol. The molecule has 1 aliphatic rings. The van der Waals surface area contributed by atoms with Crippen LogP contribution in [0.1, 0.15) is 50.2 Å². The van der Waals surface area contributed by atoms with Gasteiger partial charge in [0.25, 0.3) is 0 Å². The number of hydrogen-bond acceptors (Lipinski definition) is 1. The molecule has 2 aromatic carbocycles. The Balaban J connectivity index is 1.84. The van der Waals surface area contributed by atoms with E-state index in [2.05, 4.69) is 59.0 Å². The van der Waals surface area contributed by atoms with E-state index in [0.29, 0.717) is 0 Å². The summed E-state index contributed by atoms with van der Waals surface area (Å²) in [6.07, 6.45) is 2.59. The molecule has 1 heterocycles. The van der Waals surface area contributed by atoms with Crippen molar-refractivity contribution in [2.75, 3.05) is 0 Å². The second-order valence-corrected chi connectivity index (χ2v) is 8.47. The van der Waals surface area contributed by atoms with Crippen molar-refractivity contribution in [2.24, 2.45) is 5.92 Å². The standard InChI is InChI=1S/C23H26BrNO/c1-16(2)15-23(19-7-5-4-6-8-19)14-13-21(22(26)25-23)17(3)18-9-11-20(24)12-10-18/h4-12,17,21H,1,13-15H2,2-3H3,(H,25,26)/t17-,21-,23-/m1/s1. The monoisotopic (exact) mass is 411 g/mol. The molecule has 0 aromatic heterocycles. The predicted octanol–water partition coefficient (Wildman–Crippen LogP) is 5.94. The molecule has 136 valence electrons. The molecule has 0 bridgehead atoms. The van der Waals surface area contributed by atoms with Crippen LogP contribution in [0, 0.1) is 5.92 Å². The highest BCUT2D eigenvalue weighted by atomic mass is 79.9. The van der Waals surface area contributed by atoms with Crippen LogP contribution in [0.2, 0.25) is 0 Å². The van der Waals surface area contributed by atoms with Crippen molar-refractivity contribution in [3.05, 3.63) is 82.3 Å². The first-order chi connectivity index (χ1) is 12.4. The van der Waals surface area contributed by atoms with Gasteiger partial charge in [-0.05, 0) is 55.4 Å². The first-order valence-corrected chi connectivity index (χ1v) is 9.98. The van der Waals surface area contributed by atoms with E-state index in [1.54, 1.807) is 0 Å². The summed E-state index contributed by atoms with van der Waals surface area (Å²) in [6.45, 7) is 8.29. The molecule has 1 fully saturated rings. The maximum Gasteiger partial charge on any atom is 0.224 e. The van der Waals surface area contributed by atoms with E-state index in [4.69, 9.17) is 0 Å². The van der Waals surface area contributed by atoms with Gasteiger partial charge in [-0.15, -0.1) is 6.58 Å². The molecule has 2 aromatic rings. The zero-order valence-corrected chi connectivity index (χ0v) is 17.1. The van der Waals surface area contributed by atoms with Gasteiger partial charge in [0.15, 0.2) is 0 Å². The minimum atomic E-state index is -0.333. The number of nitrogens with one attached hydrogen (secondary N) is 1. The number of piperidine rings is 1. The first kappa shape index (κ1) is 18.9. The van der Waals surface area contributed by atoms with Gasteiger partial charge in [-0.3, -0.25) is 4.79 Å². The summed E-state index contributed by atoms with van der Waals surface area (Å²) < 4.78 is 1.06. The maximum absolute atomic E-state index is 13.1. The topological polar surface area (TPSA) is 29.1 Å². The van der Waals surface area contributed by atoms with Gasteiger partial charge in [-0.1, -0.05) is 70.9 Å². The molecule has 1 saturated heterocycles. The van der Waals surface area contributed by atoms with Gasteiger partial charge in [0.05, 0.1) is 5.54 Å². The second-order valence-electron chi connectivity index (χ2n) is 7.56. The van der Waals surface area contributed by atoms with Crippen LogP contribution in [0.15, 0.2) is 71.2 Å². The molecule has 3 rings (SSSR count). The molecule has 0 aliphatic carbocycles. The van der Waals surface area contributed by atoms with E-state index in [0.717, 1.165) is 29.3 Å². The van der Waals surface area contributed by atoms with Gasteiger partial charge in [0.2, 0.25) is 5.91 Å². The third-order valence-electron chi connectivity index (χ3n) is 5.51. The fraction of sp³-hybridized carbons (Fsp3) is 0.348. The van der Waals surface area contributed by atoms with Crippen LogP contribution in [0.25, 0.3) is 0 Å². The Labute approximate surface area is 164 Å². The van der Waals surface area contributed by atoms with Crippen molar-refractivity contribution in [3.8, 4) is 0 Å². The maximum atomic E-state index is 13.1. The molecule has 0 radical (unpaired) electrons. The molecular formula is C23H26BrNO. The van der Waals surface area contributed by atoms with Gasteiger partial charge in [0, 0.05) is 10.4 Å². The van der Waals surface area contributed by atoms with Gasteiger partial charge in [-0.25, -0.2) is 0 Å². The van der Waals surface area contributed by atoms with Crippen molar-refractivity contribution >= 4 is 21.8 Å². The third kappa shape index (κ3) is 3.93. The van der Waals surface area contributed by atoms with Crippen molar-refractivity contribution < 1.29 is 4.79 Å². The fourth-order valence-corrected chi connectivity index (χ4v) is 4.39. The van der Waals surface area contributed by atoms with Crippen LogP contribution in [0.4, 0.5) is 0 Å². The molecule has 3 heteroatoms. The fourth-order valence-electron chi connectivity index (χ4n) is 4.12. The van der Waals surface area contributed by atoms with Crippen molar-refractivity contribution in [1.82, 2.24) is 5.32 Å². The summed E-state index contributed by atoms with van der Waals surface area (Å²) in [5, 5.41) is 3.38. The van der Waals surface area contributed by atoms with Crippen LogP contribution >= 0.6 is 15.9 Å². The Hall–Kier alpha value is -1.87. The molecule has 1 N–H and O–H groups in total. The lowest BCUT2D eigenvalue weighted by Gasteiger charge is -2.43. The largest absolute Gasteiger partial charge is 0.346 e. The van der Waals surface area contributed by atoms with Gasteiger partial charge in [0.1, 0.15) is 0 Å². The normalized spacial score (nSPS) is 24.0. The van der Waals surface area contributed by atoms with Crippen LogP contribution < -0.4 is 5.32 Å². The smallest absolute Gasteiger partial charge is 0.224 e. The molecule has 0 saturated carbocycles. The quantitative estimate of drug-likeness (QED) is 0.605. The number of carbonyl (C=O) groups is 1. The molecule has 0 spiro atoms. The van der Waals surface area contributed by atoms with E-state index in [1.165, 1.54) is 11.1 Å². The van der Waals surface area contributed by atoms with E-state index in [9.17, 15) is 4.79 Å². The molecule has 2 nitrogen and oxygen atoms in total. The van der Waals surface area contributed by atoms with Crippen LogP contribution in [-0.4, -0.2) is 5.91 Å². The Morgan fingerprint density at radius 1 is 1.23 bits per heavy atom. The van der Waals surface area contributed by atoms with E-state index in [-0.39, 0.29) is 23.3 Å². The minimum absolute atomic E-state index is 0.00173. The predicted molar refractivity (Wildman–Crippen MR) is 111 cm³/mol. The van der Waals surface area contributed by atoms with Gasteiger partial charge in [-0.2, -0.15) is 0 Å². The minimum Gasteiger partial charge on any atom is -0.346 e. The SMILES string of the molecule is C=C(C)C[C@@]1(c2ccccc2)CC[C@H]([C@H](C)c2ccc(Br)cc2)C(=O)N1. The van der Waals surface area contributed by atoms with E-state index >= 15 is 0 Å². The second kappa shape index (κ2) is 7.79. The summed E-state index contributed by atoms with van der Waals surface area (Å²) in [5.41, 5.74) is 3.14. The molecule has 3 atom stereocenters. The number of carbonyl (C=O) groups excluding carboxylic acids is 1. The highest BCUT2D eigenvalue weighted by Crippen LogP contribution is 2.41. The Morgan fingerprint density at radius 3 is 2.46 bits per heavy atom. The number of amides is 1. The molecule has 1 aliphatic heterocycles. The summed E-state index contributed by atoms with van der Waals surface area (Å²) in [4.78, 5) is 13.1. The summed E-state index contributed by atoms with van der Waals surface area (Å²) in [5.74, 6) is 0.344. The Bertz CT molecular complexity index is 784. The Kier molecular flexibility index (Phi) is 5.67. The Morgan fingerprint density at radius 2 is 1.88 bits per heavy atom. The lowest BCUT2D eigenvalue weighted by Crippen LogP contribution is -2.53. The van der Waals surface area contributed by atoms with Crippen LogP contribution in [0.3, 0.4) is 0 Å². The average Bonchev–Trinajstić information content (AvgIpc) is 2.62. The van der Waals surface area contributed by atoms with Crippen molar-refractivity contribution in [1.29, 1.82) is 0 Å². The van der Waals surface area contributed by atoms with Gasteiger partial charge < -0.3 is 5.32 Å². The molecule has 26 heavy (non-hydrogen) atoms. The van der Waals surface area contributed by atoms with Crippen molar-refractivity contribution in [3.63, 3.8) is 0 Å². The van der Waals surface area contributed by atoms with E-state index < -0.39 is 0 Å². The lowest BCUT2D eigenvalue weighted by atomic mass is 9.72. The van der Waals surface area contributed by atoms with Crippen molar-refractivity contribution in [2.45, 2.75) is 44.6 Å². The highest BCUT2D eigenvalue weighted by Gasteiger charge is 2.42. The summed E-state index contributed by atoms with van der Waals surface area (Å²) in [6, 6.07) is 18.6. The molecule has 0 unspecified atom stereocenters. The van der Waals surface area contributed by atoms with E-state index in [1.807, 2.05) is 37.3 Å². The number of hydrogen-bond donors (Lipinski definition) is 1. The third-order valence-corrected chi connectivity index (χ3v) is 6.04. The molecular weight excluding hydrogens is 386 g/mol. The van der Waals surface area contributed by atoms with Gasteiger partial charge >= 0.3 is 0 Å². The van der Waals surface area contributed by atoms with Crippen LogP contribution in [-0.2, 0) is 10.3 Å².